The van der Waals surface area contributed by atoms with Gasteiger partial charge in [0.2, 0.25) is 11.2 Å². The first-order chi connectivity index (χ1) is 6.75. The molecule has 0 amide bonds. The van der Waals surface area contributed by atoms with Crippen LogP contribution in [0.25, 0.3) is 0 Å². The fraction of sp³-hybridized carbons (Fsp3) is 0.625. The van der Waals surface area contributed by atoms with E-state index in [1.165, 1.54) is 0 Å². The van der Waals surface area contributed by atoms with Crippen LogP contribution in [0.15, 0.2) is 0 Å². The monoisotopic (exact) mass is 214 g/mol. The number of hydrogen-bond acceptors (Lipinski definition) is 5. The minimum atomic E-state index is 0.166. The summed E-state index contributed by atoms with van der Waals surface area (Å²) in [5, 5.41) is 0.166. The van der Waals surface area contributed by atoms with Crippen molar-refractivity contribution in [1.82, 2.24) is 15.0 Å². The highest BCUT2D eigenvalue weighted by molar-refractivity contribution is 6.28. The molecule has 0 unspecified atom stereocenters. The summed E-state index contributed by atoms with van der Waals surface area (Å²) in [5.41, 5.74) is 5.49. The zero-order valence-corrected chi connectivity index (χ0v) is 8.37. The number of rotatable bonds is 1. The van der Waals surface area contributed by atoms with Gasteiger partial charge in [0.1, 0.15) is 5.82 Å². The van der Waals surface area contributed by atoms with Crippen molar-refractivity contribution in [3.63, 3.8) is 0 Å². The Balaban J connectivity index is 2.21. The molecule has 1 aromatic rings. The molecule has 0 saturated carbocycles. The minimum Gasteiger partial charge on any atom is -0.381 e. The standard InChI is InChI=1S/C8H11ClN4O/c9-7-11-6(12-8(10)13-7)5-1-3-14-4-2-5/h5H,1-4H2,(H2,10,11,12,13). The fourth-order valence-electron chi connectivity index (χ4n) is 1.52. The molecule has 2 heterocycles. The molecule has 1 aromatic heterocycles. The Morgan fingerprint density at radius 2 is 1.93 bits per heavy atom. The molecule has 0 radical (unpaired) electrons. The van der Waals surface area contributed by atoms with Gasteiger partial charge in [0.25, 0.3) is 0 Å². The van der Waals surface area contributed by atoms with Gasteiger partial charge in [-0.05, 0) is 24.4 Å². The van der Waals surface area contributed by atoms with Crippen LogP contribution in [0.4, 0.5) is 5.95 Å². The zero-order chi connectivity index (χ0) is 9.97. The molecule has 1 fully saturated rings. The minimum absolute atomic E-state index is 0.166. The lowest BCUT2D eigenvalue weighted by molar-refractivity contribution is 0.0835. The molecule has 0 aromatic carbocycles. The van der Waals surface area contributed by atoms with Gasteiger partial charge >= 0.3 is 0 Å². The highest BCUT2D eigenvalue weighted by Crippen LogP contribution is 2.24. The van der Waals surface area contributed by atoms with Crippen molar-refractivity contribution >= 4 is 17.5 Å². The van der Waals surface area contributed by atoms with Crippen molar-refractivity contribution in [2.75, 3.05) is 18.9 Å². The maximum atomic E-state index is 5.70. The Morgan fingerprint density at radius 1 is 1.21 bits per heavy atom. The molecule has 5 nitrogen and oxygen atoms in total. The highest BCUT2D eigenvalue weighted by atomic mass is 35.5. The molecule has 2 N–H and O–H groups in total. The van der Waals surface area contributed by atoms with Gasteiger partial charge in [-0.15, -0.1) is 0 Å². The lowest BCUT2D eigenvalue weighted by Gasteiger charge is -2.20. The van der Waals surface area contributed by atoms with Crippen LogP contribution in [0.3, 0.4) is 0 Å². The van der Waals surface area contributed by atoms with E-state index in [0.29, 0.717) is 11.7 Å². The Hall–Kier alpha value is -0.940. The second-order valence-corrected chi connectivity index (χ2v) is 3.55. The summed E-state index contributed by atoms with van der Waals surface area (Å²) in [4.78, 5) is 11.9. The van der Waals surface area contributed by atoms with Crippen molar-refractivity contribution in [2.45, 2.75) is 18.8 Å². The number of nitrogens with zero attached hydrogens (tertiary/aromatic N) is 3. The second kappa shape index (κ2) is 4.06. The van der Waals surface area contributed by atoms with E-state index in [2.05, 4.69) is 15.0 Å². The Kier molecular flexibility index (Phi) is 2.79. The molecule has 76 valence electrons. The van der Waals surface area contributed by atoms with E-state index >= 15 is 0 Å². The average molecular weight is 215 g/mol. The molecule has 0 atom stereocenters. The van der Waals surface area contributed by atoms with Crippen LogP contribution in [0.1, 0.15) is 24.6 Å². The molecule has 0 aliphatic carbocycles. The molecular formula is C8H11ClN4O. The van der Waals surface area contributed by atoms with E-state index in [1.807, 2.05) is 0 Å². The van der Waals surface area contributed by atoms with Gasteiger partial charge in [-0.2, -0.15) is 9.97 Å². The predicted octanol–water partition coefficient (Wildman–Crippen LogP) is 1.00. The lowest BCUT2D eigenvalue weighted by Crippen LogP contribution is -2.17. The van der Waals surface area contributed by atoms with Crippen LogP contribution in [-0.2, 0) is 4.74 Å². The zero-order valence-electron chi connectivity index (χ0n) is 7.61. The Morgan fingerprint density at radius 3 is 2.57 bits per heavy atom. The molecule has 14 heavy (non-hydrogen) atoms. The van der Waals surface area contributed by atoms with Crippen molar-refractivity contribution in [1.29, 1.82) is 0 Å². The quantitative estimate of drug-likeness (QED) is 0.755. The highest BCUT2D eigenvalue weighted by Gasteiger charge is 2.19. The summed E-state index contributed by atoms with van der Waals surface area (Å²) in [6, 6.07) is 0. The molecule has 1 saturated heterocycles. The average Bonchev–Trinajstić information content (AvgIpc) is 2.18. The molecule has 6 heteroatoms. The Bertz CT molecular complexity index is 307. The maximum absolute atomic E-state index is 5.70. The summed E-state index contributed by atoms with van der Waals surface area (Å²) in [6.45, 7) is 1.49. The van der Waals surface area contributed by atoms with Crippen molar-refractivity contribution < 1.29 is 4.74 Å². The third-order valence-corrected chi connectivity index (χ3v) is 2.40. The number of hydrogen-bond donors (Lipinski definition) is 1. The number of nitrogen functional groups attached to an aromatic ring is 1. The number of ether oxygens (including phenoxy) is 1. The van der Waals surface area contributed by atoms with Crippen LogP contribution < -0.4 is 5.73 Å². The van der Waals surface area contributed by atoms with E-state index in [9.17, 15) is 0 Å². The van der Waals surface area contributed by atoms with Crippen LogP contribution >= 0.6 is 11.6 Å². The van der Waals surface area contributed by atoms with Gasteiger partial charge in [-0.3, -0.25) is 0 Å². The second-order valence-electron chi connectivity index (χ2n) is 3.21. The summed E-state index contributed by atoms with van der Waals surface area (Å²) >= 11 is 5.70. The number of aromatic nitrogens is 3. The molecular weight excluding hydrogens is 204 g/mol. The largest absolute Gasteiger partial charge is 0.381 e. The van der Waals surface area contributed by atoms with Crippen LogP contribution in [0.5, 0.6) is 0 Å². The van der Waals surface area contributed by atoms with Gasteiger partial charge < -0.3 is 10.5 Å². The summed E-state index contributed by atoms with van der Waals surface area (Å²) < 4.78 is 5.25. The van der Waals surface area contributed by atoms with Crippen molar-refractivity contribution in [3.05, 3.63) is 11.1 Å². The fourth-order valence-corrected chi connectivity index (χ4v) is 1.69. The summed E-state index contributed by atoms with van der Waals surface area (Å²) in [6.07, 6.45) is 1.83. The number of anilines is 1. The third kappa shape index (κ3) is 2.10. The van der Waals surface area contributed by atoms with E-state index in [-0.39, 0.29) is 11.2 Å². The third-order valence-electron chi connectivity index (χ3n) is 2.23. The first-order valence-electron chi connectivity index (χ1n) is 4.50. The number of nitrogens with two attached hydrogens (primary N) is 1. The van der Waals surface area contributed by atoms with Crippen LogP contribution in [-0.4, -0.2) is 28.2 Å². The molecule has 0 spiro atoms. The molecule has 1 aliphatic heterocycles. The predicted molar refractivity (Wildman–Crippen MR) is 52.0 cm³/mol. The Labute approximate surface area is 86.7 Å². The summed E-state index contributed by atoms with van der Waals surface area (Å²) in [5.74, 6) is 1.17. The van der Waals surface area contributed by atoms with Crippen LogP contribution in [0.2, 0.25) is 5.28 Å². The van der Waals surface area contributed by atoms with Gasteiger partial charge in [0.05, 0.1) is 0 Å². The molecule has 1 aliphatic rings. The lowest BCUT2D eigenvalue weighted by atomic mass is 10.00. The first-order valence-corrected chi connectivity index (χ1v) is 4.88. The number of halogens is 1. The van der Waals surface area contributed by atoms with E-state index in [4.69, 9.17) is 22.1 Å². The van der Waals surface area contributed by atoms with Crippen molar-refractivity contribution in [3.8, 4) is 0 Å². The SMILES string of the molecule is Nc1nc(Cl)nc(C2CCOCC2)n1. The molecule has 2 rings (SSSR count). The van der Waals surface area contributed by atoms with Crippen molar-refractivity contribution in [2.24, 2.45) is 0 Å². The van der Waals surface area contributed by atoms with Gasteiger partial charge in [0.15, 0.2) is 0 Å². The first kappa shape index (κ1) is 9.61. The topological polar surface area (TPSA) is 73.9 Å². The van der Waals surface area contributed by atoms with Gasteiger partial charge in [-0.1, -0.05) is 0 Å². The maximum Gasteiger partial charge on any atom is 0.227 e. The van der Waals surface area contributed by atoms with E-state index < -0.39 is 0 Å². The normalized spacial score (nSPS) is 18.4. The van der Waals surface area contributed by atoms with E-state index in [0.717, 1.165) is 26.1 Å². The molecule has 0 bridgehead atoms. The van der Waals surface area contributed by atoms with Gasteiger partial charge in [-0.25, -0.2) is 4.98 Å². The van der Waals surface area contributed by atoms with Crippen LogP contribution in [0, 0.1) is 0 Å². The van der Waals surface area contributed by atoms with E-state index in [1.54, 1.807) is 0 Å². The smallest absolute Gasteiger partial charge is 0.227 e. The van der Waals surface area contributed by atoms with Gasteiger partial charge in [0, 0.05) is 19.1 Å². The summed E-state index contributed by atoms with van der Waals surface area (Å²) in [7, 11) is 0.